The Hall–Kier alpha value is -5.59. The van der Waals surface area contributed by atoms with Crippen LogP contribution in [-0.2, 0) is 84.1 Å². The van der Waals surface area contributed by atoms with E-state index in [1.54, 1.807) is 22.8 Å². The van der Waals surface area contributed by atoms with Gasteiger partial charge in [-0.05, 0) is 174 Å². The number of nitrogens with zero attached hydrogens (tertiary/aromatic N) is 6. The number of aliphatic carboxylic acids is 2. The maximum absolute atomic E-state index is 15.3. The van der Waals surface area contributed by atoms with Crippen molar-refractivity contribution in [3.05, 3.63) is 101 Å². The first-order valence-corrected chi connectivity index (χ1v) is 36.3. The Kier molecular flexibility index (Phi) is 24.4. The van der Waals surface area contributed by atoms with E-state index in [2.05, 4.69) is 54.0 Å². The predicted octanol–water partition coefficient (Wildman–Crippen LogP) is 6.57. The molecule has 0 aromatic heterocycles. The van der Waals surface area contributed by atoms with Crippen LogP contribution in [0, 0.1) is 0 Å². The molecule has 4 aromatic rings. The molecule has 2 unspecified atom stereocenters. The smallest absolute Gasteiger partial charge is 0.430 e. The number of alkyl halides is 3. The van der Waals surface area contributed by atoms with Crippen LogP contribution in [0.15, 0.2) is 24.3 Å². The molecule has 14 rings (SSSR count). The molecule has 94 heavy (non-hydrogen) atoms. The normalized spacial score (nSPS) is 18.1. The monoisotopic (exact) mass is 1360 g/mol. The van der Waals surface area contributed by atoms with E-state index in [0.717, 1.165) is 113 Å². The van der Waals surface area contributed by atoms with Gasteiger partial charge in [0.05, 0.1) is 35.9 Å². The number of anilines is 2. The van der Waals surface area contributed by atoms with Gasteiger partial charge in [-0.15, -0.1) is 0 Å². The highest BCUT2D eigenvalue weighted by Gasteiger charge is 2.44. The zero-order valence-electron chi connectivity index (χ0n) is 54.7. The first-order chi connectivity index (χ1) is 43.5. The molecule has 2 atom stereocenters. The lowest BCUT2D eigenvalue weighted by Crippen LogP contribution is -3.00. The van der Waals surface area contributed by atoms with Gasteiger partial charge in [-0.25, -0.2) is 13.8 Å². The second kappa shape index (κ2) is 30.9. The Morgan fingerprint density at radius 2 is 1.16 bits per heavy atom. The number of carboxylic acid groups (broad SMARTS) is 2. The molecule has 23 heteroatoms. The Balaban J connectivity index is 0.000000183. The van der Waals surface area contributed by atoms with E-state index in [1.807, 2.05) is 48.3 Å². The number of carbonyl (C=O) groups excluding carboxylic acids is 2. The van der Waals surface area contributed by atoms with Crippen LogP contribution < -0.4 is 67.1 Å². The van der Waals surface area contributed by atoms with E-state index in [9.17, 15) is 27.9 Å². The van der Waals surface area contributed by atoms with Crippen molar-refractivity contribution >= 4 is 56.5 Å². The van der Waals surface area contributed by atoms with Gasteiger partial charge in [0.1, 0.15) is 69.0 Å². The minimum atomic E-state index is -5.19. The van der Waals surface area contributed by atoms with Crippen molar-refractivity contribution in [2.24, 2.45) is 0 Å². The SMILES string of the molecule is C.C.C1=c2cc3c4c(c2Oc2c1cc1c5c2CCCN5CCC1)CCC[N+]=4CCC3.CCOP(=O)(C1=c2cc3c4c(c2Oc2c1cc1c5c2CCCN5CCC1)CCC[N+]=4CCC3)N(C)CCC(=O)O.CCOP(C)N(C)CCC(=O)OC(C)(C)C.O=C([O-])C(F)(F)F.[Cl-]. The summed E-state index contributed by atoms with van der Waals surface area (Å²) < 4.78 is 86.5. The van der Waals surface area contributed by atoms with Gasteiger partial charge in [0.15, 0.2) is 0 Å². The molecule has 0 bridgehead atoms. The number of fused-ring (bicyclic) bond motifs is 8. The van der Waals surface area contributed by atoms with Crippen LogP contribution in [0.5, 0.6) is 23.0 Å². The fourth-order valence-corrected chi connectivity index (χ4v) is 18.5. The zero-order valence-corrected chi connectivity index (χ0v) is 57.3. The van der Waals surface area contributed by atoms with E-state index in [4.69, 9.17) is 33.2 Å². The summed E-state index contributed by atoms with van der Waals surface area (Å²) in [5, 5.41) is 24.0. The molecule has 10 heterocycles. The van der Waals surface area contributed by atoms with E-state index >= 15 is 4.57 Å². The summed E-state index contributed by atoms with van der Waals surface area (Å²) in [6, 6.07) is 9.31. The molecular formula is C71H98ClF3N6O11P2. The number of carbonyl (C=O) groups is 3. The molecular weight excluding hydrogens is 1270 g/mol. The van der Waals surface area contributed by atoms with Crippen molar-refractivity contribution in [1.82, 2.24) is 18.5 Å². The molecule has 0 fully saturated rings. The average molecular weight is 1370 g/mol. The molecule has 10 aliphatic heterocycles. The molecule has 17 nitrogen and oxygen atoms in total. The van der Waals surface area contributed by atoms with Gasteiger partial charge in [0.25, 0.3) is 0 Å². The third-order valence-corrected chi connectivity index (χ3v) is 23.5. The van der Waals surface area contributed by atoms with Crippen molar-refractivity contribution < 1.29 is 78.0 Å². The van der Waals surface area contributed by atoms with Crippen molar-refractivity contribution in [3.63, 3.8) is 0 Å². The highest BCUT2D eigenvalue weighted by atomic mass is 35.5. The number of esters is 1. The zero-order chi connectivity index (χ0) is 64.7. The molecule has 0 saturated heterocycles. The molecule has 4 aromatic carbocycles. The molecule has 0 spiro atoms. The summed E-state index contributed by atoms with van der Waals surface area (Å²) in [4.78, 5) is 36.9. The van der Waals surface area contributed by atoms with Crippen LogP contribution >= 0.6 is 15.8 Å². The molecule has 0 radical (unpaired) electrons. The maximum Gasteiger partial charge on any atom is 0.430 e. The molecule has 1 N–H and O–H groups in total. The molecule has 0 amide bonds. The summed E-state index contributed by atoms with van der Waals surface area (Å²) in [7, 11) is -0.525. The topological polar surface area (TPSA) is 177 Å². The summed E-state index contributed by atoms with van der Waals surface area (Å²) in [5.41, 5.74) is 15.8. The fourth-order valence-electron chi connectivity index (χ4n) is 15.2. The van der Waals surface area contributed by atoms with Crippen LogP contribution in [0.3, 0.4) is 0 Å². The lowest BCUT2D eigenvalue weighted by molar-refractivity contribution is -0.344. The highest BCUT2D eigenvalue weighted by Crippen LogP contribution is 2.64. The van der Waals surface area contributed by atoms with Crippen molar-refractivity contribution in [1.29, 1.82) is 0 Å². The number of hydrogen-bond acceptors (Lipinski definition) is 13. The largest absolute Gasteiger partial charge is 1.00 e. The molecule has 0 saturated carbocycles. The maximum atomic E-state index is 15.3. The lowest BCUT2D eigenvalue weighted by Gasteiger charge is -2.40. The first-order valence-electron chi connectivity index (χ1n) is 33.1. The second-order valence-corrected chi connectivity index (χ2v) is 30.7. The Labute approximate surface area is 560 Å². The van der Waals surface area contributed by atoms with Crippen molar-refractivity contribution in [3.8, 4) is 23.0 Å². The van der Waals surface area contributed by atoms with E-state index < -0.39 is 39.5 Å². The highest BCUT2D eigenvalue weighted by molar-refractivity contribution is 7.67. The van der Waals surface area contributed by atoms with Crippen LogP contribution in [0.1, 0.15) is 169 Å². The van der Waals surface area contributed by atoms with Gasteiger partial charge in [-0.2, -0.15) is 13.2 Å². The van der Waals surface area contributed by atoms with Crippen molar-refractivity contribution in [2.75, 3.05) is 109 Å². The molecule has 0 aliphatic carbocycles. The minimum Gasteiger partial charge on any atom is -1.00 e. The molecule has 516 valence electrons. The number of benzene rings is 4. The fraction of sp³-hybridized carbons (Fsp3) is 0.592. The minimum absolute atomic E-state index is 0. The Bertz CT molecular complexity index is 3850. The van der Waals surface area contributed by atoms with Crippen LogP contribution in [-0.4, -0.2) is 144 Å². The first kappa shape index (κ1) is 74.2. The summed E-state index contributed by atoms with van der Waals surface area (Å²) in [6.45, 7) is 22.4. The van der Waals surface area contributed by atoms with Crippen LogP contribution in [0.25, 0.3) is 11.4 Å². The van der Waals surface area contributed by atoms with E-state index in [0.29, 0.717) is 24.9 Å². The number of halogens is 4. The van der Waals surface area contributed by atoms with Gasteiger partial charge < -0.3 is 60.5 Å². The van der Waals surface area contributed by atoms with Gasteiger partial charge >= 0.3 is 25.6 Å². The van der Waals surface area contributed by atoms with Gasteiger partial charge in [-0.1, -0.05) is 14.9 Å². The summed E-state index contributed by atoms with van der Waals surface area (Å²) >= 11 is 0. The number of rotatable bonds is 13. The Morgan fingerprint density at radius 1 is 0.670 bits per heavy atom. The summed E-state index contributed by atoms with van der Waals surface area (Å²) in [6.07, 6.45) is 15.6. The Morgan fingerprint density at radius 3 is 1.69 bits per heavy atom. The van der Waals surface area contributed by atoms with Crippen LogP contribution in [0.4, 0.5) is 24.5 Å². The van der Waals surface area contributed by atoms with E-state index in [-0.39, 0.29) is 52.8 Å². The van der Waals surface area contributed by atoms with Gasteiger partial charge in [0, 0.05) is 127 Å². The quantitative estimate of drug-likeness (QED) is 0.0760. The average Bonchev–Trinajstić information content (AvgIpc) is 0.712. The second-order valence-electron chi connectivity index (χ2n) is 26.4. The number of ether oxygens (including phenoxy) is 3. The van der Waals surface area contributed by atoms with Gasteiger partial charge in [-0.3, -0.25) is 18.8 Å². The third-order valence-electron chi connectivity index (χ3n) is 19.0. The predicted molar refractivity (Wildman–Crippen MR) is 360 cm³/mol. The van der Waals surface area contributed by atoms with E-state index in [1.165, 1.54) is 142 Å². The van der Waals surface area contributed by atoms with Gasteiger partial charge in [0.2, 0.25) is 10.7 Å². The summed E-state index contributed by atoms with van der Waals surface area (Å²) in [5.74, 6) is -0.0624. The third kappa shape index (κ3) is 15.4. The van der Waals surface area contributed by atoms with Crippen LogP contribution in [0.2, 0.25) is 0 Å². The lowest BCUT2D eigenvalue weighted by atomic mass is 9.87. The standard InChI is InChI=1S/C31H38N3O5P.C25H27N2O.C11H24NO3P.C2HF3O2.2CH4.ClH/c1-3-38-40(37,32(2)17-12-26(35)36)31-24-18-20-8-4-13-33-15-6-10-22(27(20)33)29(24)39-30-23-11-7-16-34-14-5-9-21(28(23)34)19-25(30)31;1-5-16-13-18-15-19-14-17-6-2-10-27-12-4-8-21(23(17)27)25(19)28-24(18)20-7-3-11-26(9-1)22(16)20;1-7-14-16(6)12(5)9-8-10(13)15-11(2,3)4;3-2(4,5)1(6)7;;;/h18-19H,3-17H2,1-2H3;13-15H,1-12H2;7-9H2,1-6H3;(H,6,7);2*1H4;1H/q;+1;;;;;/p-1. The number of carboxylic acids is 2. The van der Waals surface area contributed by atoms with Crippen molar-refractivity contribution in [2.45, 2.75) is 177 Å². The number of hydrogen-bond donors (Lipinski definition) is 1. The number of aryl methyl sites for hydroxylation is 4. The molecule has 10 aliphatic rings.